The van der Waals surface area contributed by atoms with Crippen molar-refractivity contribution >= 4 is 0 Å². The smallest absolute Gasteiger partial charge is 0.0547 e. The van der Waals surface area contributed by atoms with Crippen molar-refractivity contribution in [2.45, 2.75) is 25.9 Å². The highest BCUT2D eigenvalue weighted by Crippen LogP contribution is 2.09. The largest absolute Gasteiger partial charge is 0.379 e. The fourth-order valence-corrected chi connectivity index (χ4v) is 0.739. The van der Waals surface area contributed by atoms with Crippen LogP contribution in [0.25, 0.3) is 0 Å². The number of terminal acetylenes is 1. The summed E-state index contributed by atoms with van der Waals surface area (Å²) in [7, 11) is 0. The molecular weight excluding hydrogens is 100 g/mol. The number of hydrogen-bond donors (Lipinski definition) is 0. The Labute approximate surface area is 51.0 Å². The van der Waals surface area contributed by atoms with E-state index in [4.69, 9.17) is 4.74 Å². The molecule has 0 spiro atoms. The van der Waals surface area contributed by atoms with Gasteiger partial charge in [-0.3, -0.25) is 0 Å². The summed E-state index contributed by atoms with van der Waals surface area (Å²) in [5.74, 6) is 0. The number of rotatable bonds is 0. The van der Waals surface area contributed by atoms with E-state index in [0.717, 1.165) is 6.61 Å². The summed E-state index contributed by atoms with van der Waals surface area (Å²) < 4.78 is 5.15. The standard InChI is InChI=1S/C5H10O.C2H2/c1-5-3-2-4-6-5;1-2/h5H,2-4H2,1H3;1-2H. The predicted molar refractivity (Wildman–Crippen MR) is 34.5 cm³/mol. The highest BCUT2D eigenvalue weighted by Gasteiger charge is 2.07. The number of ether oxygens (including phenoxy) is 1. The molecule has 0 saturated carbocycles. The molecule has 0 aromatic carbocycles. The van der Waals surface area contributed by atoms with Gasteiger partial charge in [0.05, 0.1) is 6.10 Å². The lowest BCUT2D eigenvalue weighted by Gasteiger charge is -1.94. The van der Waals surface area contributed by atoms with Crippen molar-refractivity contribution in [3.05, 3.63) is 0 Å². The van der Waals surface area contributed by atoms with Gasteiger partial charge in [0.1, 0.15) is 0 Å². The normalized spacial score (nSPS) is 26.1. The topological polar surface area (TPSA) is 9.23 Å². The first kappa shape index (κ1) is 7.52. The Balaban J connectivity index is 0.000000222. The molecular formula is C7H12O. The molecule has 46 valence electrons. The van der Waals surface area contributed by atoms with Crippen LogP contribution >= 0.6 is 0 Å². The Morgan fingerprint density at radius 2 is 2.12 bits per heavy atom. The second-order valence-corrected chi connectivity index (χ2v) is 1.82. The van der Waals surface area contributed by atoms with Crippen LogP contribution in [0.4, 0.5) is 0 Å². The summed E-state index contributed by atoms with van der Waals surface area (Å²) in [6.45, 7) is 3.11. The van der Waals surface area contributed by atoms with Gasteiger partial charge in [-0.1, -0.05) is 0 Å². The molecule has 1 heterocycles. The first-order valence-electron chi connectivity index (χ1n) is 2.84. The van der Waals surface area contributed by atoms with Gasteiger partial charge >= 0.3 is 0 Å². The molecule has 0 aromatic heterocycles. The lowest BCUT2D eigenvalue weighted by atomic mass is 10.3. The van der Waals surface area contributed by atoms with E-state index in [-0.39, 0.29) is 0 Å². The van der Waals surface area contributed by atoms with Crippen LogP contribution in [-0.2, 0) is 4.74 Å². The van der Waals surface area contributed by atoms with Crippen molar-refractivity contribution < 1.29 is 4.74 Å². The van der Waals surface area contributed by atoms with Gasteiger partial charge in [-0.2, -0.15) is 0 Å². The second-order valence-electron chi connectivity index (χ2n) is 1.82. The first-order valence-corrected chi connectivity index (χ1v) is 2.84. The second kappa shape index (κ2) is 4.67. The molecule has 0 radical (unpaired) electrons. The van der Waals surface area contributed by atoms with Crippen LogP contribution in [0.3, 0.4) is 0 Å². The van der Waals surface area contributed by atoms with Gasteiger partial charge in [0, 0.05) is 6.61 Å². The summed E-state index contributed by atoms with van der Waals surface area (Å²) >= 11 is 0. The zero-order chi connectivity index (χ0) is 6.41. The van der Waals surface area contributed by atoms with E-state index in [9.17, 15) is 0 Å². The van der Waals surface area contributed by atoms with E-state index in [0.29, 0.717) is 6.10 Å². The Hall–Kier alpha value is -0.480. The van der Waals surface area contributed by atoms with E-state index in [1.807, 2.05) is 0 Å². The van der Waals surface area contributed by atoms with Gasteiger partial charge in [-0.25, -0.2) is 0 Å². The predicted octanol–water partition coefficient (Wildman–Crippen LogP) is 1.43. The fourth-order valence-electron chi connectivity index (χ4n) is 0.739. The summed E-state index contributed by atoms with van der Waals surface area (Å²) in [4.78, 5) is 0. The molecule has 1 aliphatic heterocycles. The molecule has 1 nitrogen and oxygen atoms in total. The van der Waals surface area contributed by atoms with Gasteiger partial charge in [0.25, 0.3) is 0 Å². The van der Waals surface area contributed by atoms with Gasteiger partial charge < -0.3 is 4.74 Å². The third kappa shape index (κ3) is 2.65. The zero-order valence-corrected chi connectivity index (χ0v) is 5.26. The Morgan fingerprint density at radius 3 is 2.25 bits per heavy atom. The number of hydrogen-bond acceptors (Lipinski definition) is 1. The van der Waals surface area contributed by atoms with Gasteiger partial charge in [0.15, 0.2) is 0 Å². The summed E-state index contributed by atoms with van der Waals surface area (Å²) in [6, 6.07) is 0. The zero-order valence-electron chi connectivity index (χ0n) is 5.26. The third-order valence-electron chi connectivity index (χ3n) is 1.16. The SMILES string of the molecule is C#C.CC1CCCO1. The highest BCUT2D eigenvalue weighted by atomic mass is 16.5. The van der Waals surface area contributed by atoms with E-state index in [2.05, 4.69) is 19.8 Å². The monoisotopic (exact) mass is 112 g/mol. The van der Waals surface area contributed by atoms with Crippen LogP contribution in [0.5, 0.6) is 0 Å². The molecule has 0 aromatic rings. The van der Waals surface area contributed by atoms with Crippen molar-refractivity contribution in [3.63, 3.8) is 0 Å². The maximum atomic E-state index is 5.15. The minimum atomic E-state index is 0.546. The minimum Gasteiger partial charge on any atom is -0.379 e. The molecule has 1 rings (SSSR count). The molecule has 1 atom stereocenters. The quantitative estimate of drug-likeness (QED) is 0.431. The van der Waals surface area contributed by atoms with Crippen LogP contribution in [-0.4, -0.2) is 12.7 Å². The van der Waals surface area contributed by atoms with E-state index < -0.39 is 0 Å². The van der Waals surface area contributed by atoms with Gasteiger partial charge in [-0.15, -0.1) is 12.8 Å². The average Bonchev–Trinajstić information content (AvgIpc) is 2.24. The average molecular weight is 112 g/mol. The minimum absolute atomic E-state index is 0.546. The maximum absolute atomic E-state index is 5.15. The van der Waals surface area contributed by atoms with Gasteiger partial charge in [0.2, 0.25) is 0 Å². The Kier molecular flexibility index (Phi) is 4.39. The Morgan fingerprint density at radius 1 is 1.50 bits per heavy atom. The molecule has 0 bridgehead atoms. The van der Waals surface area contributed by atoms with Crippen LogP contribution in [0.1, 0.15) is 19.8 Å². The van der Waals surface area contributed by atoms with Crippen LogP contribution in [0.2, 0.25) is 0 Å². The molecule has 1 fully saturated rings. The van der Waals surface area contributed by atoms with Crippen LogP contribution in [0, 0.1) is 12.8 Å². The summed E-state index contributed by atoms with van der Waals surface area (Å²) in [5.41, 5.74) is 0. The van der Waals surface area contributed by atoms with Crippen molar-refractivity contribution in [3.8, 4) is 12.8 Å². The molecule has 1 aliphatic rings. The van der Waals surface area contributed by atoms with E-state index in [1.54, 1.807) is 0 Å². The lowest BCUT2D eigenvalue weighted by molar-refractivity contribution is 0.125. The van der Waals surface area contributed by atoms with Crippen molar-refractivity contribution in [1.29, 1.82) is 0 Å². The molecule has 0 amide bonds. The van der Waals surface area contributed by atoms with E-state index >= 15 is 0 Å². The van der Waals surface area contributed by atoms with Gasteiger partial charge in [-0.05, 0) is 19.8 Å². The Bertz CT molecular complexity index is 60.0. The molecule has 0 aliphatic carbocycles. The third-order valence-corrected chi connectivity index (χ3v) is 1.16. The molecule has 1 saturated heterocycles. The maximum Gasteiger partial charge on any atom is 0.0547 e. The van der Waals surface area contributed by atoms with Crippen LogP contribution in [0.15, 0.2) is 0 Å². The molecule has 8 heavy (non-hydrogen) atoms. The fraction of sp³-hybridized carbons (Fsp3) is 0.714. The summed E-state index contributed by atoms with van der Waals surface area (Å²) in [6.07, 6.45) is 11.1. The highest BCUT2D eigenvalue weighted by molar-refractivity contribution is 4.56. The van der Waals surface area contributed by atoms with Crippen molar-refractivity contribution in [2.75, 3.05) is 6.61 Å². The lowest BCUT2D eigenvalue weighted by Crippen LogP contribution is -1.94. The van der Waals surface area contributed by atoms with Crippen LogP contribution < -0.4 is 0 Å². The molecule has 0 N–H and O–H groups in total. The first-order chi connectivity index (χ1) is 3.89. The van der Waals surface area contributed by atoms with Crippen molar-refractivity contribution in [1.82, 2.24) is 0 Å². The van der Waals surface area contributed by atoms with E-state index in [1.165, 1.54) is 12.8 Å². The summed E-state index contributed by atoms with van der Waals surface area (Å²) in [5, 5.41) is 0. The van der Waals surface area contributed by atoms with Crippen molar-refractivity contribution in [2.24, 2.45) is 0 Å². The molecule has 1 unspecified atom stereocenters. The molecule has 1 heteroatoms.